The molecule has 1 aliphatic rings. The summed E-state index contributed by atoms with van der Waals surface area (Å²) in [6.07, 6.45) is 3.33. The first-order chi connectivity index (χ1) is 4.18. The molecule has 1 saturated carbocycles. The summed E-state index contributed by atoms with van der Waals surface area (Å²) in [5.74, 6) is 1.48. The van der Waals surface area contributed by atoms with Gasteiger partial charge in [-0.3, -0.25) is 0 Å². The molecule has 0 radical (unpaired) electrons. The van der Waals surface area contributed by atoms with E-state index >= 15 is 0 Å². The average molecular weight is 167 g/mol. The minimum Gasteiger partial charge on any atom is -0.393 e. The quantitative estimate of drug-likeness (QED) is 0.450. The molecule has 0 heterocycles. The molecular formula is C8H16KO+. The molecule has 0 aromatic heterocycles. The topological polar surface area (TPSA) is 20.2 Å². The number of rotatable bonds is 0. The monoisotopic (exact) mass is 167 g/mol. The second kappa shape index (κ2) is 5.28. The van der Waals surface area contributed by atoms with Crippen LogP contribution in [0.15, 0.2) is 0 Å². The van der Waals surface area contributed by atoms with Crippen LogP contribution in [0.1, 0.15) is 33.1 Å². The standard InChI is InChI=1S/C8H16O.K/c1-6-3-7(2)5-8(9)4-6;/h6-9H,3-5H2,1-2H3;/q;+1. The molecule has 1 fully saturated rings. The summed E-state index contributed by atoms with van der Waals surface area (Å²) < 4.78 is 0. The van der Waals surface area contributed by atoms with Crippen molar-refractivity contribution in [3.63, 3.8) is 0 Å². The molecule has 0 aliphatic heterocycles. The fourth-order valence-electron chi connectivity index (χ4n) is 1.90. The van der Waals surface area contributed by atoms with E-state index in [9.17, 15) is 5.11 Å². The van der Waals surface area contributed by atoms with E-state index in [4.69, 9.17) is 0 Å². The second-order valence-corrected chi connectivity index (χ2v) is 3.57. The van der Waals surface area contributed by atoms with E-state index < -0.39 is 0 Å². The maximum absolute atomic E-state index is 9.25. The van der Waals surface area contributed by atoms with Crippen LogP contribution in [0.2, 0.25) is 0 Å². The van der Waals surface area contributed by atoms with Gasteiger partial charge in [-0.25, -0.2) is 0 Å². The molecule has 0 aromatic rings. The summed E-state index contributed by atoms with van der Waals surface area (Å²) in [5, 5.41) is 9.25. The van der Waals surface area contributed by atoms with Crippen LogP contribution in [0.4, 0.5) is 0 Å². The van der Waals surface area contributed by atoms with Gasteiger partial charge in [-0.2, -0.15) is 0 Å². The van der Waals surface area contributed by atoms with Gasteiger partial charge in [-0.05, 0) is 31.1 Å². The fourth-order valence-corrected chi connectivity index (χ4v) is 1.90. The molecule has 2 unspecified atom stereocenters. The van der Waals surface area contributed by atoms with Crippen molar-refractivity contribution in [2.75, 3.05) is 0 Å². The van der Waals surface area contributed by atoms with Crippen molar-refractivity contribution in [3.05, 3.63) is 0 Å². The van der Waals surface area contributed by atoms with E-state index in [0.717, 1.165) is 24.7 Å². The maximum atomic E-state index is 9.25. The Morgan fingerprint density at radius 2 is 1.40 bits per heavy atom. The molecule has 0 amide bonds. The maximum Gasteiger partial charge on any atom is 1.00 e. The predicted molar refractivity (Wildman–Crippen MR) is 38.2 cm³/mol. The van der Waals surface area contributed by atoms with Gasteiger partial charge in [0, 0.05) is 0 Å². The van der Waals surface area contributed by atoms with Gasteiger partial charge in [-0.1, -0.05) is 13.8 Å². The Labute approximate surface area is 106 Å². The predicted octanol–water partition coefficient (Wildman–Crippen LogP) is -1.19. The smallest absolute Gasteiger partial charge is 0.393 e. The van der Waals surface area contributed by atoms with Crippen molar-refractivity contribution < 1.29 is 56.5 Å². The third-order valence-electron chi connectivity index (χ3n) is 2.15. The summed E-state index contributed by atoms with van der Waals surface area (Å²) in [4.78, 5) is 0. The Balaban J connectivity index is 0.000000810. The molecule has 1 N–H and O–H groups in total. The molecular weight excluding hydrogens is 151 g/mol. The minimum absolute atomic E-state index is 0. The van der Waals surface area contributed by atoms with Crippen molar-refractivity contribution in [2.24, 2.45) is 11.8 Å². The van der Waals surface area contributed by atoms with E-state index in [0.29, 0.717) is 0 Å². The summed E-state index contributed by atoms with van der Waals surface area (Å²) in [6, 6.07) is 0. The van der Waals surface area contributed by atoms with E-state index in [1.54, 1.807) is 0 Å². The Hall–Kier alpha value is 1.60. The van der Waals surface area contributed by atoms with Crippen LogP contribution in [0, 0.1) is 11.8 Å². The zero-order valence-corrected chi connectivity index (χ0v) is 10.4. The first-order valence-corrected chi connectivity index (χ1v) is 3.86. The summed E-state index contributed by atoms with van der Waals surface area (Å²) >= 11 is 0. The van der Waals surface area contributed by atoms with Crippen molar-refractivity contribution in [1.82, 2.24) is 0 Å². The molecule has 1 nitrogen and oxygen atoms in total. The van der Waals surface area contributed by atoms with Crippen molar-refractivity contribution in [1.29, 1.82) is 0 Å². The Morgan fingerprint density at radius 1 is 1.00 bits per heavy atom. The number of hydrogen-bond acceptors (Lipinski definition) is 1. The first kappa shape index (κ1) is 11.6. The molecule has 2 atom stereocenters. The minimum atomic E-state index is -0.0104. The number of aliphatic hydroxyl groups excluding tert-OH is 1. The summed E-state index contributed by atoms with van der Waals surface area (Å²) in [7, 11) is 0. The molecule has 1 aliphatic carbocycles. The van der Waals surface area contributed by atoms with Gasteiger partial charge in [0.15, 0.2) is 0 Å². The van der Waals surface area contributed by atoms with Crippen LogP contribution in [0.5, 0.6) is 0 Å². The van der Waals surface area contributed by atoms with Crippen LogP contribution < -0.4 is 51.4 Å². The third kappa shape index (κ3) is 3.84. The zero-order chi connectivity index (χ0) is 6.85. The van der Waals surface area contributed by atoms with Crippen LogP contribution in [-0.4, -0.2) is 11.2 Å². The van der Waals surface area contributed by atoms with Crippen LogP contribution >= 0.6 is 0 Å². The van der Waals surface area contributed by atoms with E-state index in [-0.39, 0.29) is 57.5 Å². The van der Waals surface area contributed by atoms with E-state index in [1.807, 2.05) is 0 Å². The molecule has 0 spiro atoms. The van der Waals surface area contributed by atoms with Gasteiger partial charge >= 0.3 is 51.4 Å². The van der Waals surface area contributed by atoms with Gasteiger partial charge in [0.25, 0.3) is 0 Å². The SMILES string of the molecule is CC1CC(C)CC(O)C1.[K+]. The zero-order valence-electron chi connectivity index (χ0n) is 7.30. The molecule has 2 heteroatoms. The number of hydrogen-bond donors (Lipinski definition) is 1. The number of aliphatic hydroxyl groups is 1. The largest absolute Gasteiger partial charge is 1.00 e. The van der Waals surface area contributed by atoms with Crippen molar-refractivity contribution in [3.8, 4) is 0 Å². The molecule has 0 aromatic carbocycles. The van der Waals surface area contributed by atoms with Crippen molar-refractivity contribution >= 4 is 0 Å². The van der Waals surface area contributed by atoms with E-state index in [1.165, 1.54) is 6.42 Å². The molecule has 0 bridgehead atoms. The Kier molecular flexibility index (Phi) is 6.12. The third-order valence-corrected chi connectivity index (χ3v) is 2.15. The van der Waals surface area contributed by atoms with Crippen LogP contribution in [-0.2, 0) is 0 Å². The fraction of sp³-hybridized carbons (Fsp3) is 1.00. The van der Waals surface area contributed by atoms with Gasteiger partial charge < -0.3 is 5.11 Å². The van der Waals surface area contributed by atoms with Crippen LogP contribution in [0.3, 0.4) is 0 Å². The second-order valence-electron chi connectivity index (χ2n) is 3.57. The van der Waals surface area contributed by atoms with Gasteiger partial charge in [0.1, 0.15) is 0 Å². The molecule has 0 saturated heterocycles. The molecule has 10 heavy (non-hydrogen) atoms. The van der Waals surface area contributed by atoms with Crippen LogP contribution in [0.25, 0.3) is 0 Å². The van der Waals surface area contributed by atoms with Crippen molar-refractivity contribution in [2.45, 2.75) is 39.2 Å². The van der Waals surface area contributed by atoms with Gasteiger partial charge in [0.05, 0.1) is 6.10 Å². The molecule has 1 rings (SSSR count). The van der Waals surface area contributed by atoms with Gasteiger partial charge in [-0.15, -0.1) is 0 Å². The molecule has 54 valence electrons. The average Bonchev–Trinajstić information content (AvgIpc) is 1.59. The van der Waals surface area contributed by atoms with Gasteiger partial charge in [0.2, 0.25) is 0 Å². The van der Waals surface area contributed by atoms with E-state index in [2.05, 4.69) is 13.8 Å². The Morgan fingerprint density at radius 3 is 1.70 bits per heavy atom. The normalized spacial score (nSPS) is 40.5. The first-order valence-electron chi connectivity index (χ1n) is 3.86. The Bertz CT molecular complexity index is 70.2. The summed E-state index contributed by atoms with van der Waals surface area (Å²) in [5.41, 5.74) is 0. The summed E-state index contributed by atoms with van der Waals surface area (Å²) in [6.45, 7) is 4.44.